The highest BCUT2D eigenvalue weighted by atomic mass is 16.5. The molecule has 0 radical (unpaired) electrons. The lowest BCUT2D eigenvalue weighted by atomic mass is 9.84. The van der Waals surface area contributed by atoms with Crippen molar-refractivity contribution in [3.8, 4) is 0 Å². The van der Waals surface area contributed by atoms with Crippen molar-refractivity contribution in [2.24, 2.45) is 11.3 Å². The summed E-state index contributed by atoms with van der Waals surface area (Å²) in [4.78, 5) is 2.67. The first-order valence-corrected chi connectivity index (χ1v) is 8.55. The molecule has 2 unspecified atom stereocenters. The van der Waals surface area contributed by atoms with Gasteiger partial charge in [0.1, 0.15) is 0 Å². The van der Waals surface area contributed by atoms with Crippen LogP contribution in [0.1, 0.15) is 52.9 Å². The van der Waals surface area contributed by atoms with Gasteiger partial charge in [-0.3, -0.25) is 0 Å². The highest BCUT2D eigenvalue weighted by molar-refractivity contribution is 4.97. The molecule has 0 amide bonds. The van der Waals surface area contributed by atoms with E-state index in [0.717, 1.165) is 12.5 Å². The lowest BCUT2D eigenvalue weighted by Gasteiger charge is -2.37. The molecule has 0 aromatic rings. The maximum Gasteiger partial charge on any atom is 0.0595 e. The summed E-state index contributed by atoms with van der Waals surface area (Å²) in [7, 11) is 1.85. The third-order valence-corrected chi connectivity index (χ3v) is 5.45. The SMILES string of the molecule is CCCNC1C(CN2CCC(OC)CC2)CCC1(C)C. The van der Waals surface area contributed by atoms with Crippen LogP contribution in [0.4, 0.5) is 0 Å². The smallest absolute Gasteiger partial charge is 0.0595 e. The summed E-state index contributed by atoms with van der Waals surface area (Å²) in [6, 6.07) is 0.697. The summed E-state index contributed by atoms with van der Waals surface area (Å²) in [5, 5.41) is 3.83. The average Bonchev–Trinajstić information content (AvgIpc) is 2.72. The quantitative estimate of drug-likeness (QED) is 0.811. The van der Waals surface area contributed by atoms with Crippen molar-refractivity contribution in [3.63, 3.8) is 0 Å². The Bertz CT molecular complexity index is 285. The van der Waals surface area contributed by atoms with Crippen molar-refractivity contribution in [2.45, 2.75) is 65.0 Å². The molecule has 1 heterocycles. The molecule has 0 spiro atoms. The number of piperidine rings is 1. The van der Waals surface area contributed by atoms with Crippen molar-refractivity contribution >= 4 is 0 Å². The Morgan fingerprint density at radius 1 is 1.20 bits per heavy atom. The van der Waals surface area contributed by atoms with Crippen molar-refractivity contribution in [1.82, 2.24) is 10.2 Å². The normalized spacial score (nSPS) is 31.8. The lowest BCUT2D eigenvalue weighted by Crippen LogP contribution is -2.47. The molecule has 0 aromatic heterocycles. The van der Waals surface area contributed by atoms with E-state index >= 15 is 0 Å². The first kappa shape index (κ1) is 16.3. The number of hydrogen-bond donors (Lipinski definition) is 1. The zero-order valence-corrected chi connectivity index (χ0v) is 14.0. The van der Waals surface area contributed by atoms with Gasteiger partial charge in [-0.05, 0) is 50.0 Å². The van der Waals surface area contributed by atoms with Crippen LogP contribution in [-0.4, -0.2) is 50.3 Å². The number of nitrogens with zero attached hydrogens (tertiary/aromatic N) is 1. The Kier molecular flexibility index (Phi) is 5.88. The van der Waals surface area contributed by atoms with Gasteiger partial charge in [0.25, 0.3) is 0 Å². The van der Waals surface area contributed by atoms with E-state index in [2.05, 4.69) is 31.0 Å². The summed E-state index contributed by atoms with van der Waals surface area (Å²) in [6.45, 7) is 12.0. The summed E-state index contributed by atoms with van der Waals surface area (Å²) in [6.07, 6.45) is 6.91. The monoisotopic (exact) mass is 282 g/mol. The van der Waals surface area contributed by atoms with Crippen LogP contribution in [0.3, 0.4) is 0 Å². The molecule has 1 aliphatic carbocycles. The van der Waals surface area contributed by atoms with Gasteiger partial charge in [-0.25, -0.2) is 0 Å². The largest absolute Gasteiger partial charge is 0.381 e. The van der Waals surface area contributed by atoms with Gasteiger partial charge in [0.2, 0.25) is 0 Å². The lowest BCUT2D eigenvalue weighted by molar-refractivity contribution is 0.0344. The summed E-state index contributed by atoms with van der Waals surface area (Å²) < 4.78 is 5.48. The van der Waals surface area contributed by atoms with Gasteiger partial charge in [0.15, 0.2) is 0 Å². The first-order valence-electron chi connectivity index (χ1n) is 8.55. The summed E-state index contributed by atoms with van der Waals surface area (Å²) in [5.41, 5.74) is 0.463. The Morgan fingerprint density at radius 2 is 1.90 bits per heavy atom. The van der Waals surface area contributed by atoms with Gasteiger partial charge in [0, 0.05) is 32.8 Å². The molecular formula is C17H34N2O. The van der Waals surface area contributed by atoms with Crippen molar-refractivity contribution < 1.29 is 4.74 Å². The zero-order valence-electron chi connectivity index (χ0n) is 14.0. The van der Waals surface area contributed by atoms with E-state index in [0.29, 0.717) is 17.6 Å². The third-order valence-electron chi connectivity index (χ3n) is 5.45. The summed E-state index contributed by atoms with van der Waals surface area (Å²) in [5.74, 6) is 0.829. The Hall–Kier alpha value is -0.120. The van der Waals surface area contributed by atoms with Crippen molar-refractivity contribution in [1.29, 1.82) is 0 Å². The molecule has 20 heavy (non-hydrogen) atoms. The first-order chi connectivity index (χ1) is 9.56. The molecule has 1 saturated heterocycles. The molecule has 3 heteroatoms. The molecule has 2 aliphatic rings. The van der Waals surface area contributed by atoms with Crippen LogP contribution in [0.5, 0.6) is 0 Å². The van der Waals surface area contributed by atoms with E-state index < -0.39 is 0 Å². The Morgan fingerprint density at radius 3 is 2.50 bits per heavy atom. The molecular weight excluding hydrogens is 248 g/mol. The molecule has 1 N–H and O–H groups in total. The fraction of sp³-hybridized carbons (Fsp3) is 1.00. The van der Waals surface area contributed by atoms with Crippen LogP contribution in [-0.2, 0) is 4.74 Å². The van der Waals surface area contributed by atoms with Crippen LogP contribution in [0.15, 0.2) is 0 Å². The van der Waals surface area contributed by atoms with Crippen LogP contribution >= 0.6 is 0 Å². The van der Waals surface area contributed by atoms with E-state index in [1.54, 1.807) is 0 Å². The van der Waals surface area contributed by atoms with Crippen LogP contribution in [0, 0.1) is 11.3 Å². The van der Waals surface area contributed by atoms with Gasteiger partial charge in [-0.1, -0.05) is 20.8 Å². The molecule has 3 nitrogen and oxygen atoms in total. The van der Waals surface area contributed by atoms with E-state index in [4.69, 9.17) is 4.74 Å². The second kappa shape index (κ2) is 7.24. The zero-order chi connectivity index (χ0) is 14.6. The number of rotatable bonds is 6. The van der Waals surface area contributed by atoms with E-state index in [1.165, 1.54) is 51.7 Å². The van der Waals surface area contributed by atoms with Crippen molar-refractivity contribution in [3.05, 3.63) is 0 Å². The third kappa shape index (κ3) is 3.96. The standard InChI is InChI=1S/C17H34N2O/c1-5-10-18-16-14(6-9-17(16,2)3)13-19-11-7-15(20-4)8-12-19/h14-16,18H,5-13H2,1-4H3. The maximum atomic E-state index is 5.48. The Labute approximate surface area is 125 Å². The predicted molar refractivity (Wildman–Crippen MR) is 85.1 cm³/mol. The Balaban J connectivity index is 1.85. The number of ether oxygens (including phenoxy) is 1. The van der Waals surface area contributed by atoms with Crippen molar-refractivity contribution in [2.75, 3.05) is 33.3 Å². The number of hydrogen-bond acceptors (Lipinski definition) is 3. The average molecular weight is 282 g/mol. The number of likely N-dealkylation sites (tertiary alicyclic amines) is 1. The van der Waals surface area contributed by atoms with Gasteiger partial charge in [-0.15, -0.1) is 0 Å². The maximum absolute atomic E-state index is 5.48. The minimum atomic E-state index is 0.463. The van der Waals surface area contributed by atoms with Gasteiger partial charge in [0.05, 0.1) is 6.10 Å². The fourth-order valence-corrected chi connectivity index (χ4v) is 4.12. The molecule has 2 fully saturated rings. The van der Waals surface area contributed by atoms with Gasteiger partial charge >= 0.3 is 0 Å². The van der Waals surface area contributed by atoms with Crippen LogP contribution < -0.4 is 5.32 Å². The number of methoxy groups -OCH3 is 1. The van der Waals surface area contributed by atoms with E-state index in [-0.39, 0.29) is 0 Å². The fourth-order valence-electron chi connectivity index (χ4n) is 4.12. The minimum Gasteiger partial charge on any atom is -0.381 e. The molecule has 1 saturated carbocycles. The highest BCUT2D eigenvalue weighted by Crippen LogP contribution is 2.41. The second-order valence-corrected chi connectivity index (χ2v) is 7.45. The molecule has 1 aliphatic heterocycles. The van der Waals surface area contributed by atoms with E-state index in [9.17, 15) is 0 Å². The topological polar surface area (TPSA) is 24.5 Å². The number of nitrogens with one attached hydrogen (secondary N) is 1. The molecule has 2 atom stereocenters. The van der Waals surface area contributed by atoms with E-state index in [1.807, 2.05) is 7.11 Å². The van der Waals surface area contributed by atoms with Gasteiger partial charge < -0.3 is 15.0 Å². The molecule has 2 rings (SSSR count). The predicted octanol–water partition coefficient (Wildman–Crippen LogP) is 2.90. The molecule has 118 valence electrons. The highest BCUT2D eigenvalue weighted by Gasteiger charge is 2.42. The van der Waals surface area contributed by atoms with Crippen LogP contribution in [0.25, 0.3) is 0 Å². The van der Waals surface area contributed by atoms with Crippen LogP contribution in [0.2, 0.25) is 0 Å². The molecule has 0 bridgehead atoms. The minimum absolute atomic E-state index is 0.463. The van der Waals surface area contributed by atoms with Gasteiger partial charge in [-0.2, -0.15) is 0 Å². The second-order valence-electron chi connectivity index (χ2n) is 7.45. The molecule has 0 aromatic carbocycles. The summed E-state index contributed by atoms with van der Waals surface area (Å²) >= 11 is 0.